The molecule has 0 spiro atoms. The highest BCUT2D eigenvalue weighted by Gasteiger charge is 2.17. The highest BCUT2D eigenvalue weighted by molar-refractivity contribution is 5.23. The molecule has 0 aromatic carbocycles. The maximum Gasteiger partial charge on any atom is 0.323 e. The molecule has 9 nitrogen and oxygen atoms in total. The molecule has 1 fully saturated rings. The van der Waals surface area contributed by atoms with E-state index in [0.717, 1.165) is 13.0 Å². The van der Waals surface area contributed by atoms with E-state index < -0.39 is 0 Å². The van der Waals surface area contributed by atoms with Crippen LogP contribution in [0.2, 0.25) is 0 Å². The van der Waals surface area contributed by atoms with Crippen molar-refractivity contribution in [2.24, 2.45) is 5.92 Å². The first kappa shape index (κ1) is 11.8. The van der Waals surface area contributed by atoms with Gasteiger partial charge in [-0.15, -0.1) is 0 Å². The Balaban J connectivity index is 1.74. The summed E-state index contributed by atoms with van der Waals surface area (Å²) in [4.78, 5) is 15.9. The first-order chi connectivity index (χ1) is 9.31. The number of hydrogen-bond donors (Lipinski definition) is 1. The molecule has 0 bridgehead atoms. The van der Waals surface area contributed by atoms with Crippen LogP contribution in [0.1, 0.15) is 6.42 Å². The molecular weight excluding hydrogens is 250 g/mol. The highest BCUT2D eigenvalue weighted by atomic mass is 16.5. The number of nitrogen functional groups attached to an aromatic ring is 1. The summed E-state index contributed by atoms with van der Waals surface area (Å²) >= 11 is 0. The SMILES string of the molecule is Nc1nc(OCC2CCOC2)nc(-n2cncn2)n1. The van der Waals surface area contributed by atoms with Crippen LogP contribution in [0.5, 0.6) is 6.01 Å². The van der Waals surface area contributed by atoms with Gasteiger partial charge in [0.1, 0.15) is 12.7 Å². The summed E-state index contributed by atoms with van der Waals surface area (Å²) in [6.07, 6.45) is 3.84. The quantitative estimate of drug-likeness (QED) is 0.781. The van der Waals surface area contributed by atoms with E-state index in [1.807, 2.05) is 0 Å². The van der Waals surface area contributed by atoms with Gasteiger partial charge in [0.15, 0.2) is 0 Å². The number of ether oxygens (including phenoxy) is 2. The summed E-state index contributed by atoms with van der Waals surface area (Å²) in [6.45, 7) is 1.98. The molecular formula is C10H13N7O2. The van der Waals surface area contributed by atoms with Crippen LogP contribution in [0, 0.1) is 5.92 Å². The monoisotopic (exact) mass is 263 g/mol. The molecule has 0 radical (unpaired) electrons. The number of anilines is 1. The average molecular weight is 263 g/mol. The van der Waals surface area contributed by atoms with E-state index in [1.165, 1.54) is 17.3 Å². The topological polar surface area (TPSA) is 114 Å². The molecule has 3 rings (SSSR count). The van der Waals surface area contributed by atoms with E-state index in [2.05, 4.69) is 25.0 Å². The van der Waals surface area contributed by atoms with Crippen LogP contribution >= 0.6 is 0 Å². The van der Waals surface area contributed by atoms with Gasteiger partial charge in [-0.2, -0.15) is 24.7 Å². The molecule has 0 amide bonds. The third kappa shape index (κ3) is 2.76. The highest BCUT2D eigenvalue weighted by Crippen LogP contribution is 2.14. The predicted octanol–water partition coefficient (Wildman–Crippen LogP) is -0.550. The minimum absolute atomic E-state index is 0.0816. The van der Waals surface area contributed by atoms with Crippen LogP contribution in [0.3, 0.4) is 0 Å². The van der Waals surface area contributed by atoms with Crippen molar-refractivity contribution < 1.29 is 9.47 Å². The lowest BCUT2D eigenvalue weighted by atomic mass is 10.1. The number of hydrogen-bond acceptors (Lipinski definition) is 8. The molecule has 1 atom stereocenters. The van der Waals surface area contributed by atoms with Crippen molar-refractivity contribution in [1.29, 1.82) is 0 Å². The van der Waals surface area contributed by atoms with Gasteiger partial charge in [0.2, 0.25) is 5.95 Å². The molecule has 0 aliphatic carbocycles. The molecule has 19 heavy (non-hydrogen) atoms. The summed E-state index contributed by atoms with van der Waals surface area (Å²) in [5.74, 6) is 0.730. The van der Waals surface area contributed by atoms with Crippen molar-refractivity contribution in [3.8, 4) is 12.0 Å². The Morgan fingerprint density at radius 3 is 3.11 bits per heavy atom. The van der Waals surface area contributed by atoms with Crippen molar-refractivity contribution in [2.75, 3.05) is 25.6 Å². The fraction of sp³-hybridized carbons (Fsp3) is 0.500. The Kier molecular flexibility index (Phi) is 3.19. The van der Waals surface area contributed by atoms with Crippen LogP contribution in [-0.4, -0.2) is 49.5 Å². The van der Waals surface area contributed by atoms with E-state index in [4.69, 9.17) is 15.2 Å². The van der Waals surface area contributed by atoms with Gasteiger partial charge in [0, 0.05) is 12.5 Å². The van der Waals surface area contributed by atoms with Gasteiger partial charge in [0.05, 0.1) is 13.2 Å². The van der Waals surface area contributed by atoms with E-state index >= 15 is 0 Å². The molecule has 9 heteroatoms. The molecule has 2 aromatic rings. The van der Waals surface area contributed by atoms with Crippen LogP contribution in [-0.2, 0) is 4.74 Å². The minimum atomic E-state index is 0.0816. The summed E-state index contributed by atoms with van der Waals surface area (Å²) < 4.78 is 12.2. The van der Waals surface area contributed by atoms with E-state index in [0.29, 0.717) is 19.1 Å². The molecule has 1 saturated heterocycles. The van der Waals surface area contributed by atoms with Gasteiger partial charge < -0.3 is 15.2 Å². The van der Waals surface area contributed by atoms with Gasteiger partial charge in [-0.25, -0.2) is 4.98 Å². The molecule has 1 unspecified atom stereocenters. The Morgan fingerprint density at radius 1 is 1.42 bits per heavy atom. The lowest BCUT2D eigenvalue weighted by molar-refractivity contribution is 0.163. The van der Waals surface area contributed by atoms with Gasteiger partial charge in [-0.05, 0) is 6.42 Å². The third-order valence-electron chi connectivity index (χ3n) is 2.72. The second-order valence-electron chi connectivity index (χ2n) is 4.16. The van der Waals surface area contributed by atoms with E-state index in [1.54, 1.807) is 0 Å². The molecule has 2 N–H and O–H groups in total. The van der Waals surface area contributed by atoms with Crippen molar-refractivity contribution in [2.45, 2.75) is 6.42 Å². The number of nitrogens with zero attached hydrogens (tertiary/aromatic N) is 6. The summed E-state index contributed by atoms with van der Waals surface area (Å²) in [5, 5.41) is 3.93. The molecule has 0 saturated carbocycles. The average Bonchev–Trinajstić information content (AvgIpc) is 3.09. The summed E-state index contributed by atoms with van der Waals surface area (Å²) in [6, 6.07) is 0.185. The zero-order chi connectivity index (χ0) is 13.1. The second kappa shape index (κ2) is 5.14. The number of aromatic nitrogens is 6. The Bertz CT molecular complexity index is 539. The first-order valence-corrected chi connectivity index (χ1v) is 5.88. The zero-order valence-electron chi connectivity index (χ0n) is 10.1. The Labute approximate surface area is 108 Å². The Morgan fingerprint density at radius 2 is 2.37 bits per heavy atom. The second-order valence-corrected chi connectivity index (χ2v) is 4.16. The van der Waals surface area contributed by atoms with Crippen molar-refractivity contribution in [3.05, 3.63) is 12.7 Å². The standard InChI is InChI=1S/C10H13N7O2/c11-8-14-9(17-6-12-5-13-17)16-10(15-8)19-4-7-1-2-18-3-7/h5-7H,1-4H2,(H2,11,14,15,16). The number of rotatable bonds is 4. The van der Waals surface area contributed by atoms with E-state index in [9.17, 15) is 0 Å². The van der Waals surface area contributed by atoms with Gasteiger partial charge >= 0.3 is 6.01 Å². The van der Waals surface area contributed by atoms with Crippen LogP contribution in [0.25, 0.3) is 5.95 Å². The van der Waals surface area contributed by atoms with E-state index in [-0.39, 0.29) is 17.9 Å². The van der Waals surface area contributed by atoms with Crippen LogP contribution in [0.15, 0.2) is 12.7 Å². The fourth-order valence-electron chi connectivity index (χ4n) is 1.75. The Hall–Kier alpha value is -2.29. The smallest absolute Gasteiger partial charge is 0.323 e. The zero-order valence-corrected chi connectivity index (χ0v) is 10.1. The molecule has 3 heterocycles. The largest absolute Gasteiger partial charge is 0.463 e. The minimum Gasteiger partial charge on any atom is -0.463 e. The van der Waals surface area contributed by atoms with Crippen molar-refractivity contribution in [3.63, 3.8) is 0 Å². The molecule has 100 valence electrons. The number of nitrogens with two attached hydrogens (primary N) is 1. The van der Waals surface area contributed by atoms with Gasteiger partial charge in [0.25, 0.3) is 5.95 Å². The maximum atomic E-state index is 5.62. The first-order valence-electron chi connectivity index (χ1n) is 5.88. The normalized spacial score (nSPS) is 18.6. The lowest BCUT2D eigenvalue weighted by Crippen LogP contribution is -2.15. The van der Waals surface area contributed by atoms with Gasteiger partial charge in [-0.1, -0.05) is 0 Å². The summed E-state index contributed by atoms with van der Waals surface area (Å²) in [7, 11) is 0. The molecule has 1 aliphatic heterocycles. The van der Waals surface area contributed by atoms with Gasteiger partial charge in [-0.3, -0.25) is 0 Å². The fourth-order valence-corrected chi connectivity index (χ4v) is 1.75. The van der Waals surface area contributed by atoms with Crippen molar-refractivity contribution in [1.82, 2.24) is 29.7 Å². The van der Waals surface area contributed by atoms with Crippen molar-refractivity contribution >= 4 is 5.95 Å². The van der Waals surface area contributed by atoms with Crippen LogP contribution < -0.4 is 10.5 Å². The molecule has 1 aliphatic rings. The molecule has 2 aromatic heterocycles. The predicted molar refractivity (Wildman–Crippen MR) is 63.6 cm³/mol. The lowest BCUT2D eigenvalue weighted by Gasteiger charge is -2.09. The summed E-state index contributed by atoms with van der Waals surface area (Å²) in [5.41, 5.74) is 5.62. The third-order valence-corrected chi connectivity index (χ3v) is 2.72. The maximum absolute atomic E-state index is 5.62. The van der Waals surface area contributed by atoms with Crippen LogP contribution in [0.4, 0.5) is 5.95 Å².